The van der Waals surface area contributed by atoms with Crippen LogP contribution in [0.5, 0.6) is 5.75 Å². The summed E-state index contributed by atoms with van der Waals surface area (Å²) in [5, 5.41) is 2.59. The van der Waals surface area contributed by atoms with Crippen molar-refractivity contribution in [2.45, 2.75) is 12.3 Å². The van der Waals surface area contributed by atoms with E-state index in [0.717, 1.165) is 10.4 Å². The summed E-state index contributed by atoms with van der Waals surface area (Å²) in [4.78, 5) is 13.6. The molecule has 1 aliphatic rings. The maximum absolute atomic E-state index is 11.3. The summed E-state index contributed by atoms with van der Waals surface area (Å²) in [5.74, 6) is 0.553. The zero-order valence-corrected chi connectivity index (χ0v) is 11.8. The van der Waals surface area contributed by atoms with Crippen molar-refractivity contribution in [1.82, 2.24) is 0 Å². The summed E-state index contributed by atoms with van der Waals surface area (Å²) >= 11 is 8.16. The predicted octanol–water partition coefficient (Wildman–Crippen LogP) is 3.72. The third-order valence-electron chi connectivity index (χ3n) is 2.94. The van der Waals surface area contributed by atoms with Crippen LogP contribution < -0.4 is 10.1 Å². The summed E-state index contributed by atoms with van der Waals surface area (Å²) in [6, 6.07) is 9.74. The third kappa shape index (κ3) is 2.46. The average molecular weight is 294 g/mol. The summed E-state index contributed by atoms with van der Waals surface area (Å²) < 4.78 is 5.33. The molecule has 19 heavy (non-hydrogen) atoms. The number of alkyl halides is 1. The van der Waals surface area contributed by atoms with Crippen LogP contribution in [0, 0.1) is 6.92 Å². The number of halogens is 1. The number of rotatable bonds is 2. The van der Waals surface area contributed by atoms with E-state index in [1.54, 1.807) is 11.3 Å². The molecule has 5 heteroatoms. The Balaban J connectivity index is 1.93. The van der Waals surface area contributed by atoms with Gasteiger partial charge in [0, 0.05) is 9.75 Å². The smallest absolute Gasteiger partial charge is 0.262 e. The van der Waals surface area contributed by atoms with E-state index >= 15 is 0 Å². The van der Waals surface area contributed by atoms with E-state index in [0.29, 0.717) is 11.4 Å². The molecule has 1 atom stereocenters. The van der Waals surface area contributed by atoms with E-state index in [9.17, 15) is 4.79 Å². The predicted molar refractivity (Wildman–Crippen MR) is 77.3 cm³/mol. The Bertz CT molecular complexity index is 638. The fourth-order valence-electron chi connectivity index (χ4n) is 2.01. The summed E-state index contributed by atoms with van der Waals surface area (Å²) in [6.07, 6.45) is 0. The highest BCUT2D eigenvalue weighted by Crippen LogP contribution is 2.37. The quantitative estimate of drug-likeness (QED) is 0.857. The number of carbonyl (C=O) groups excluding carboxylic acids is 1. The number of anilines is 1. The average Bonchev–Trinajstić information content (AvgIpc) is 2.83. The molecular weight excluding hydrogens is 282 g/mol. The van der Waals surface area contributed by atoms with Gasteiger partial charge in [-0.1, -0.05) is 6.07 Å². The van der Waals surface area contributed by atoms with E-state index in [4.69, 9.17) is 16.3 Å². The second kappa shape index (κ2) is 4.87. The van der Waals surface area contributed by atoms with Crippen LogP contribution in [-0.4, -0.2) is 12.5 Å². The van der Waals surface area contributed by atoms with Crippen LogP contribution in [0.2, 0.25) is 0 Å². The molecule has 1 aromatic carbocycles. The van der Waals surface area contributed by atoms with Gasteiger partial charge in [-0.15, -0.1) is 22.9 Å². The first-order valence-electron chi connectivity index (χ1n) is 5.90. The van der Waals surface area contributed by atoms with Gasteiger partial charge >= 0.3 is 0 Å². The number of hydrogen-bond donors (Lipinski definition) is 1. The van der Waals surface area contributed by atoms with E-state index in [-0.39, 0.29) is 17.9 Å². The van der Waals surface area contributed by atoms with Gasteiger partial charge in [0.25, 0.3) is 5.91 Å². The normalized spacial score (nSPS) is 15.4. The number of thiophene rings is 1. The summed E-state index contributed by atoms with van der Waals surface area (Å²) in [6.45, 7) is 2.12. The maximum Gasteiger partial charge on any atom is 0.262 e. The van der Waals surface area contributed by atoms with Crippen LogP contribution in [0.1, 0.15) is 20.7 Å². The number of fused-ring (bicyclic) bond motifs is 1. The van der Waals surface area contributed by atoms with Crippen LogP contribution in [-0.2, 0) is 4.79 Å². The van der Waals surface area contributed by atoms with Gasteiger partial charge in [0.15, 0.2) is 6.61 Å². The maximum atomic E-state index is 11.3. The number of ether oxygens (including phenoxy) is 1. The van der Waals surface area contributed by atoms with Gasteiger partial charge in [0.1, 0.15) is 5.75 Å². The largest absolute Gasteiger partial charge is 0.482 e. The van der Waals surface area contributed by atoms with Crippen LogP contribution in [0.4, 0.5) is 5.69 Å². The van der Waals surface area contributed by atoms with Crippen molar-refractivity contribution in [3.63, 3.8) is 0 Å². The van der Waals surface area contributed by atoms with E-state index in [1.807, 2.05) is 24.3 Å². The Kier molecular flexibility index (Phi) is 3.21. The molecule has 1 aliphatic heterocycles. The molecule has 3 rings (SSSR count). The molecule has 0 bridgehead atoms. The molecule has 0 saturated carbocycles. The lowest BCUT2D eigenvalue weighted by atomic mass is 10.1. The van der Waals surface area contributed by atoms with Crippen molar-refractivity contribution in [1.29, 1.82) is 0 Å². The summed E-state index contributed by atoms with van der Waals surface area (Å²) in [7, 11) is 0. The van der Waals surface area contributed by atoms with E-state index in [1.165, 1.54) is 4.88 Å². The molecule has 1 N–H and O–H groups in total. The highest BCUT2D eigenvalue weighted by molar-refractivity contribution is 7.12. The van der Waals surface area contributed by atoms with Crippen LogP contribution >= 0.6 is 22.9 Å². The van der Waals surface area contributed by atoms with Crippen LogP contribution in [0.15, 0.2) is 30.3 Å². The molecule has 0 fully saturated rings. The van der Waals surface area contributed by atoms with Crippen molar-refractivity contribution in [2.75, 3.05) is 11.9 Å². The van der Waals surface area contributed by atoms with Crippen LogP contribution in [0.25, 0.3) is 0 Å². The molecule has 0 radical (unpaired) electrons. The highest BCUT2D eigenvalue weighted by Gasteiger charge is 2.19. The molecule has 1 amide bonds. The minimum atomic E-state index is -0.206. The monoisotopic (exact) mass is 293 g/mol. The molecule has 0 aliphatic carbocycles. The van der Waals surface area contributed by atoms with E-state index < -0.39 is 0 Å². The van der Waals surface area contributed by atoms with Gasteiger partial charge in [-0.3, -0.25) is 4.79 Å². The highest BCUT2D eigenvalue weighted by atomic mass is 35.5. The second-order valence-electron chi connectivity index (χ2n) is 4.40. The van der Waals surface area contributed by atoms with Gasteiger partial charge in [0.05, 0.1) is 11.1 Å². The minimum Gasteiger partial charge on any atom is -0.482 e. The molecule has 2 heterocycles. The molecule has 1 aromatic heterocycles. The van der Waals surface area contributed by atoms with Crippen molar-refractivity contribution < 1.29 is 9.53 Å². The minimum absolute atomic E-state index is 0.0702. The number of hydrogen-bond acceptors (Lipinski definition) is 3. The number of benzene rings is 1. The Labute approximate surface area is 120 Å². The zero-order chi connectivity index (χ0) is 13.4. The number of nitrogens with one attached hydrogen (secondary N) is 1. The lowest BCUT2D eigenvalue weighted by Crippen LogP contribution is -2.25. The lowest BCUT2D eigenvalue weighted by Gasteiger charge is -2.19. The second-order valence-corrected chi connectivity index (χ2v) is 6.16. The van der Waals surface area contributed by atoms with Gasteiger partial charge in [-0.2, -0.15) is 0 Å². The van der Waals surface area contributed by atoms with Crippen molar-refractivity contribution in [3.05, 3.63) is 45.6 Å². The molecule has 0 saturated heterocycles. The first kappa shape index (κ1) is 12.5. The fourth-order valence-corrected chi connectivity index (χ4v) is 3.24. The van der Waals surface area contributed by atoms with E-state index in [2.05, 4.69) is 18.3 Å². The van der Waals surface area contributed by atoms with Crippen molar-refractivity contribution in [3.8, 4) is 5.75 Å². The van der Waals surface area contributed by atoms with Gasteiger partial charge in [-0.05, 0) is 36.8 Å². The Morgan fingerprint density at radius 1 is 1.37 bits per heavy atom. The summed E-state index contributed by atoms with van der Waals surface area (Å²) in [5.41, 5.74) is 1.64. The Hall–Kier alpha value is -1.52. The zero-order valence-electron chi connectivity index (χ0n) is 10.3. The first-order chi connectivity index (χ1) is 9.13. The third-order valence-corrected chi connectivity index (χ3v) is 4.62. The van der Waals surface area contributed by atoms with Crippen molar-refractivity contribution in [2.24, 2.45) is 0 Å². The molecule has 3 nitrogen and oxygen atoms in total. The molecule has 98 valence electrons. The number of aryl methyl sites for hydroxylation is 1. The van der Waals surface area contributed by atoms with Crippen LogP contribution in [0.3, 0.4) is 0 Å². The number of carbonyl (C=O) groups is 1. The Morgan fingerprint density at radius 2 is 2.21 bits per heavy atom. The van der Waals surface area contributed by atoms with Gasteiger partial charge in [0.2, 0.25) is 0 Å². The Morgan fingerprint density at radius 3 is 2.95 bits per heavy atom. The van der Waals surface area contributed by atoms with Gasteiger partial charge < -0.3 is 10.1 Å². The molecule has 1 unspecified atom stereocenters. The molecule has 0 spiro atoms. The van der Waals surface area contributed by atoms with Gasteiger partial charge in [-0.25, -0.2) is 0 Å². The SMILES string of the molecule is Cc1ccc(C(Cl)c2ccc3c(c2)NC(=O)CO3)s1. The topological polar surface area (TPSA) is 38.3 Å². The number of amides is 1. The van der Waals surface area contributed by atoms with Crippen molar-refractivity contribution >= 4 is 34.5 Å². The standard InChI is InChI=1S/C14H12ClNO2S/c1-8-2-5-12(19-8)14(15)9-3-4-11-10(6-9)16-13(17)7-18-11/h2-6,14H,7H2,1H3,(H,16,17). The first-order valence-corrected chi connectivity index (χ1v) is 7.16. The fraction of sp³-hybridized carbons (Fsp3) is 0.214. The molecule has 2 aromatic rings. The lowest BCUT2D eigenvalue weighted by molar-refractivity contribution is -0.118. The molecular formula is C14H12ClNO2S.